The molecule has 0 spiro atoms. The second kappa shape index (κ2) is 9.46. The minimum absolute atomic E-state index is 0.536. The molecule has 6 atom stereocenters. The van der Waals surface area contributed by atoms with Crippen LogP contribution < -0.4 is 5.73 Å². The number of aliphatic hydroxyl groups is 1. The third-order valence-electron chi connectivity index (χ3n) is 3.79. The summed E-state index contributed by atoms with van der Waals surface area (Å²) in [4.78, 5) is 38.9. The Labute approximate surface area is 181 Å². The normalized spacial score (nSPS) is 30.1. The molecule has 15 nitrogen and oxygen atoms in total. The second-order valence-electron chi connectivity index (χ2n) is 6.12. The fourth-order valence-electron chi connectivity index (χ4n) is 2.43. The number of nitrogen functional groups attached to an aromatic ring is 1. The van der Waals surface area contributed by atoms with Gasteiger partial charge in [-0.15, -0.1) is 0 Å². The second-order valence-corrected chi connectivity index (χ2v) is 10.9. The van der Waals surface area contributed by atoms with E-state index >= 15 is 0 Å². The number of hydrogen-bond donors (Lipinski definition) is 6. The first-order valence-corrected chi connectivity index (χ1v) is 12.7. The molecule has 1 aromatic heterocycles. The zero-order chi connectivity index (χ0) is 24.7. The first-order valence-electron chi connectivity index (χ1n) is 7.80. The Hall–Kier alpha value is -0.780. The van der Waals surface area contributed by atoms with Crippen molar-refractivity contribution in [2.45, 2.75) is 24.1 Å². The van der Waals surface area contributed by atoms with Gasteiger partial charge in [0.25, 0.3) is 0 Å². The predicted octanol–water partition coefficient (Wildman–Crippen LogP) is 0.613. The molecule has 7 N–H and O–H groups in total. The fraction of sp³-hybridized carbons (Fsp3) is 0.600. The van der Waals surface area contributed by atoms with Crippen LogP contribution in [0.25, 0.3) is 0 Å². The Bertz CT molecular complexity index is 1070. The van der Waals surface area contributed by atoms with Gasteiger partial charge in [0.1, 0.15) is 12.8 Å². The molecule has 0 aliphatic carbocycles. The van der Waals surface area contributed by atoms with Gasteiger partial charge in [-0.05, 0) is 12.2 Å². The summed E-state index contributed by atoms with van der Waals surface area (Å²) in [5.74, 6) is -1.82. The van der Waals surface area contributed by atoms with Crippen molar-refractivity contribution in [2.24, 2.45) is 0 Å². The lowest BCUT2D eigenvalue weighted by atomic mass is 9.98. The van der Waals surface area contributed by atoms with Crippen LogP contribution in [-0.4, -0.2) is 65.4 Å². The van der Waals surface area contributed by atoms with Crippen LogP contribution in [0.15, 0.2) is 6.20 Å². The lowest BCUT2D eigenvalue weighted by molar-refractivity contribution is -0.135. The van der Waals surface area contributed by atoms with Crippen molar-refractivity contribution in [2.75, 3.05) is 19.0 Å². The highest BCUT2D eigenvalue weighted by atomic mass is 32.1. The molecule has 1 aliphatic rings. The van der Waals surface area contributed by atoms with Gasteiger partial charge in [0.2, 0.25) is 4.77 Å². The van der Waals surface area contributed by atoms with E-state index in [4.69, 9.17) is 37.4 Å². The van der Waals surface area contributed by atoms with E-state index in [1.165, 1.54) is 0 Å². The highest BCUT2D eigenvalue weighted by molar-refractivity contribution is 7.71. The van der Waals surface area contributed by atoms with Crippen LogP contribution in [0.5, 0.6) is 0 Å². The Morgan fingerprint density at radius 1 is 1.25 bits per heavy atom. The van der Waals surface area contributed by atoms with Crippen LogP contribution in [0.3, 0.4) is 0 Å². The van der Waals surface area contributed by atoms with Gasteiger partial charge in [-0.1, -0.05) is 0 Å². The number of rotatable bonds is 9. The molecule has 0 bridgehead atoms. The third-order valence-corrected chi connectivity index (χ3v) is 7.88. The molecule has 22 heteroatoms. The molecule has 2 rings (SSSR count). The number of alkyl halides is 2. The lowest BCUT2D eigenvalue weighted by Gasteiger charge is -2.29. The smallest absolute Gasteiger partial charge is 0.387 e. The van der Waals surface area contributed by atoms with Gasteiger partial charge < -0.3 is 35.2 Å². The topological polar surface area (TPSA) is 233 Å². The van der Waals surface area contributed by atoms with E-state index < -0.39 is 77.3 Å². The first kappa shape index (κ1) is 27.5. The largest absolute Gasteiger partial charge is 0.490 e. The van der Waals surface area contributed by atoms with E-state index in [1.807, 2.05) is 0 Å². The van der Waals surface area contributed by atoms with Gasteiger partial charge in [-0.2, -0.15) is 13.6 Å². The maximum Gasteiger partial charge on any atom is 0.490 e. The summed E-state index contributed by atoms with van der Waals surface area (Å²) in [6, 6.07) is 0. The average Bonchev–Trinajstić information content (AvgIpc) is 2.85. The number of hydrogen-bond acceptors (Lipinski definition) is 11. The fourth-order valence-corrected chi connectivity index (χ4v) is 5.77. The number of anilines is 1. The highest BCUT2D eigenvalue weighted by Gasteiger charge is 2.58. The van der Waals surface area contributed by atoms with Crippen molar-refractivity contribution >= 4 is 41.5 Å². The standard InChI is InChI=1S/C10H15F3N3O12P3S/c11-2-10(3-25-30(21,22)28-31(23,24)27-29(18,19)20)6(17)5(13)8(26-10)16-1-4(12)7(14)15-9(16)32/h1,5-6,8,17H,2-3H2,(H,21,22)(H,23,24)(H2,14,15,32)(H2,18,19,20)/t5-,6?,8+,10+/m0/s1. The molecule has 0 aromatic carbocycles. The maximum atomic E-state index is 14.6. The van der Waals surface area contributed by atoms with Crippen molar-refractivity contribution in [3.05, 3.63) is 16.8 Å². The molecule has 0 radical (unpaired) electrons. The van der Waals surface area contributed by atoms with Crippen LogP contribution in [0, 0.1) is 10.6 Å². The zero-order valence-electron chi connectivity index (χ0n) is 15.2. The van der Waals surface area contributed by atoms with Crippen LogP contribution >= 0.6 is 35.7 Å². The molecule has 1 aromatic rings. The predicted molar refractivity (Wildman–Crippen MR) is 97.0 cm³/mol. The summed E-state index contributed by atoms with van der Waals surface area (Å²) in [7, 11) is -17.3. The minimum Gasteiger partial charge on any atom is -0.387 e. The average molecular weight is 551 g/mol. The minimum atomic E-state index is -5.88. The number of phosphoric acid groups is 3. The van der Waals surface area contributed by atoms with Gasteiger partial charge in [0.15, 0.2) is 29.6 Å². The number of aromatic nitrogens is 2. The summed E-state index contributed by atoms with van der Waals surface area (Å²) in [5.41, 5.74) is 2.46. The summed E-state index contributed by atoms with van der Waals surface area (Å²) >= 11 is 4.78. The Balaban J connectivity index is 2.24. The van der Waals surface area contributed by atoms with Crippen molar-refractivity contribution in [3.8, 4) is 0 Å². The summed E-state index contributed by atoms with van der Waals surface area (Å²) in [6.07, 6.45) is -6.41. The van der Waals surface area contributed by atoms with E-state index in [-0.39, 0.29) is 0 Å². The lowest BCUT2D eigenvalue weighted by Crippen LogP contribution is -2.48. The Kier molecular flexibility index (Phi) is 8.12. The number of phosphoric ester groups is 1. The Morgan fingerprint density at radius 2 is 1.84 bits per heavy atom. The molecule has 1 saturated heterocycles. The van der Waals surface area contributed by atoms with Gasteiger partial charge in [-0.25, -0.2) is 26.9 Å². The van der Waals surface area contributed by atoms with Gasteiger partial charge in [0.05, 0.1) is 6.61 Å². The third kappa shape index (κ3) is 6.42. The van der Waals surface area contributed by atoms with E-state index in [2.05, 4.69) is 18.1 Å². The van der Waals surface area contributed by atoms with E-state index in [0.717, 1.165) is 0 Å². The van der Waals surface area contributed by atoms with Crippen LogP contribution in [0.4, 0.5) is 19.0 Å². The number of nitrogens with two attached hydrogens (primary N) is 1. The van der Waals surface area contributed by atoms with E-state index in [1.54, 1.807) is 0 Å². The van der Waals surface area contributed by atoms with E-state index in [0.29, 0.717) is 10.8 Å². The van der Waals surface area contributed by atoms with Crippen LogP contribution in [0.2, 0.25) is 0 Å². The molecular formula is C10H15F3N3O12P3S. The monoisotopic (exact) mass is 551 g/mol. The van der Waals surface area contributed by atoms with Crippen molar-refractivity contribution < 1.29 is 69.4 Å². The van der Waals surface area contributed by atoms with Crippen LogP contribution in [0.1, 0.15) is 6.23 Å². The maximum absolute atomic E-state index is 14.6. The molecule has 0 saturated carbocycles. The molecular weight excluding hydrogens is 536 g/mol. The molecule has 0 amide bonds. The molecule has 184 valence electrons. The molecule has 1 fully saturated rings. The highest BCUT2D eigenvalue weighted by Crippen LogP contribution is 2.66. The first-order chi connectivity index (χ1) is 14.4. The van der Waals surface area contributed by atoms with Gasteiger partial charge in [-0.3, -0.25) is 9.09 Å². The number of halogens is 3. The molecule has 2 heterocycles. The van der Waals surface area contributed by atoms with Crippen molar-refractivity contribution in [1.29, 1.82) is 0 Å². The van der Waals surface area contributed by atoms with Gasteiger partial charge in [0, 0.05) is 6.20 Å². The molecule has 1 aliphatic heterocycles. The summed E-state index contributed by atoms with van der Waals surface area (Å²) in [6.45, 7) is -3.29. The van der Waals surface area contributed by atoms with Crippen molar-refractivity contribution in [1.82, 2.24) is 9.55 Å². The van der Waals surface area contributed by atoms with Crippen molar-refractivity contribution in [3.63, 3.8) is 0 Å². The Morgan fingerprint density at radius 3 is 2.38 bits per heavy atom. The summed E-state index contributed by atoms with van der Waals surface area (Å²) in [5, 5.41) is 10.1. The number of aliphatic hydroxyl groups excluding tert-OH is 1. The molecule has 32 heavy (non-hydrogen) atoms. The molecule has 3 unspecified atom stereocenters. The summed E-state index contributed by atoms with van der Waals surface area (Å²) < 4.78 is 92.0. The number of ether oxygens (including phenoxy) is 1. The van der Waals surface area contributed by atoms with Gasteiger partial charge >= 0.3 is 23.5 Å². The zero-order valence-corrected chi connectivity index (χ0v) is 18.7. The number of nitrogens with zero attached hydrogens (tertiary/aromatic N) is 2. The van der Waals surface area contributed by atoms with E-state index in [9.17, 15) is 36.9 Å². The SMILES string of the molecule is Nc1nc(=S)n([C@@H]2O[C@](CF)(COP(=O)(O)OP(=O)(O)OP(=O)(O)O)C(O)[C@@H]2F)cc1F. The quantitative estimate of drug-likeness (QED) is 0.182. The van der Waals surface area contributed by atoms with Crippen LogP contribution in [-0.2, 0) is 31.6 Å².